The van der Waals surface area contributed by atoms with Crippen molar-refractivity contribution in [1.29, 1.82) is 0 Å². The average Bonchev–Trinajstić information content (AvgIpc) is 2.57. The van der Waals surface area contributed by atoms with Gasteiger partial charge in [-0.15, -0.1) is 0 Å². The minimum atomic E-state index is 0.608. The van der Waals surface area contributed by atoms with Crippen LogP contribution in [0, 0.1) is 5.92 Å². The number of anilines is 1. The van der Waals surface area contributed by atoms with Gasteiger partial charge in [-0.25, -0.2) is 0 Å². The zero-order valence-electron chi connectivity index (χ0n) is 15.7. The number of aromatic nitrogens is 1. The van der Waals surface area contributed by atoms with Gasteiger partial charge in [0.25, 0.3) is 0 Å². The quantitative estimate of drug-likeness (QED) is 0.739. The molecule has 0 saturated heterocycles. The molecule has 0 aliphatic heterocycles. The summed E-state index contributed by atoms with van der Waals surface area (Å²) in [5.74, 6) is 1.59. The highest BCUT2D eigenvalue weighted by molar-refractivity contribution is 5.91. The fraction of sp³-hybridized carbons (Fsp3) is 0.550. The summed E-state index contributed by atoms with van der Waals surface area (Å²) < 4.78 is 5.42. The second kappa shape index (κ2) is 8.88. The number of ether oxygens (including phenoxy) is 1. The highest BCUT2D eigenvalue weighted by atomic mass is 16.5. The average molecular weight is 329 g/mol. The second-order valence-corrected chi connectivity index (χ2v) is 6.78. The highest BCUT2D eigenvalue weighted by Crippen LogP contribution is 2.27. The van der Waals surface area contributed by atoms with E-state index in [1.165, 1.54) is 6.42 Å². The van der Waals surface area contributed by atoms with Gasteiger partial charge in [0.15, 0.2) is 0 Å². The van der Waals surface area contributed by atoms with Crippen LogP contribution in [-0.4, -0.2) is 42.7 Å². The first kappa shape index (κ1) is 18.5. The number of methoxy groups -OCH3 is 1. The van der Waals surface area contributed by atoms with Gasteiger partial charge in [-0.1, -0.05) is 26.8 Å². The Labute approximate surface area is 146 Å². The van der Waals surface area contributed by atoms with E-state index in [0.29, 0.717) is 6.04 Å². The Balaban J connectivity index is 2.04. The molecule has 0 radical (unpaired) electrons. The molecule has 4 nitrogen and oxygen atoms in total. The fourth-order valence-electron chi connectivity index (χ4n) is 3.27. The third-order valence-electron chi connectivity index (χ3n) is 4.47. The lowest BCUT2D eigenvalue weighted by Gasteiger charge is -2.29. The number of fused-ring (bicyclic) bond motifs is 1. The minimum absolute atomic E-state index is 0.608. The molecule has 0 aliphatic rings. The Morgan fingerprint density at radius 3 is 2.71 bits per heavy atom. The number of nitrogens with zero attached hydrogens (tertiary/aromatic N) is 2. The molecule has 0 spiro atoms. The summed E-state index contributed by atoms with van der Waals surface area (Å²) in [6.45, 7) is 12.1. The van der Waals surface area contributed by atoms with Crippen LogP contribution in [0.2, 0.25) is 0 Å². The van der Waals surface area contributed by atoms with E-state index in [-0.39, 0.29) is 0 Å². The van der Waals surface area contributed by atoms with E-state index in [1.54, 1.807) is 7.11 Å². The zero-order valence-corrected chi connectivity index (χ0v) is 15.7. The molecule has 1 heterocycles. The lowest BCUT2D eigenvalue weighted by molar-refractivity contribution is 0.203. The molecule has 1 aromatic heterocycles. The van der Waals surface area contributed by atoms with Crippen LogP contribution >= 0.6 is 0 Å². The van der Waals surface area contributed by atoms with Crippen LogP contribution in [0.1, 0.15) is 34.1 Å². The van der Waals surface area contributed by atoms with E-state index in [9.17, 15) is 0 Å². The molecule has 4 heteroatoms. The van der Waals surface area contributed by atoms with Crippen LogP contribution < -0.4 is 10.1 Å². The number of hydrogen-bond donors (Lipinski definition) is 1. The monoisotopic (exact) mass is 329 g/mol. The maximum Gasteiger partial charge on any atom is 0.121 e. The molecular formula is C20H31N3O. The Bertz CT molecular complexity index is 642. The van der Waals surface area contributed by atoms with Crippen LogP contribution in [0.15, 0.2) is 30.5 Å². The summed E-state index contributed by atoms with van der Waals surface area (Å²) in [6.07, 6.45) is 3.07. The van der Waals surface area contributed by atoms with Crippen LogP contribution in [0.5, 0.6) is 5.75 Å². The first-order chi connectivity index (χ1) is 11.5. The van der Waals surface area contributed by atoms with Gasteiger partial charge in [-0.2, -0.15) is 0 Å². The SMILES string of the molecule is CCN(CCNc1cc(OC)cc2cccnc12)C(C)CC(C)C. The molecule has 24 heavy (non-hydrogen) atoms. The van der Waals surface area contributed by atoms with Crippen molar-refractivity contribution in [3.05, 3.63) is 30.5 Å². The molecule has 0 aliphatic carbocycles. The largest absolute Gasteiger partial charge is 0.497 e. The van der Waals surface area contributed by atoms with Crippen molar-refractivity contribution in [3.63, 3.8) is 0 Å². The van der Waals surface area contributed by atoms with Crippen LogP contribution in [-0.2, 0) is 0 Å². The summed E-state index contributed by atoms with van der Waals surface area (Å²) in [7, 11) is 1.70. The maximum atomic E-state index is 5.42. The smallest absolute Gasteiger partial charge is 0.121 e. The van der Waals surface area contributed by atoms with Crippen molar-refractivity contribution in [3.8, 4) is 5.75 Å². The molecule has 0 amide bonds. The van der Waals surface area contributed by atoms with Crippen LogP contribution in [0.25, 0.3) is 10.9 Å². The van der Waals surface area contributed by atoms with Gasteiger partial charge in [0.1, 0.15) is 5.75 Å². The van der Waals surface area contributed by atoms with E-state index in [4.69, 9.17) is 4.74 Å². The van der Waals surface area contributed by atoms with Crippen molar-refractivity contribution in [1.82, 2.24) is 9.88 Å². The molecule has 2 rings (SSSR count). The van der Waals surface area contributed by atoms with Crippen molar-refractivity contribution in [2.75, 3.05) is 32.1 Å². The van der Waals surface area contributed by atoms with E-state index in [1.807, 2.05) is 24.4 Å². The standard InChI is InChI=1S/C20H31N3O/c1-6-23(16(4)12-15(2)3)11-10-21-19-14-18(24-5)13-17-8-7-9-22-20(17)19/h7-9,13-16,21H,6,10-12H2,1-5H3. The van der Waals surface area contributed by atoms with Crippen molar-refractivity contribution >= 4 is 16.6 Å². The van der Waals surface area contributed by atoms with Gasteiger partial charge in [0.2, 0.25) is 0 Å². The van der Waals surface area contributed by atoms with Gasteiger partial charge in [0.05, 0.1) is 18.3 Å². The van der Waals surface area contributed by atoms with Crippen molar-refractivity contribution in [2.45, 2.75) is 40.2 Å². The number of benzene rings is 1. The van der Waals surface area contributed by atoms with Crippen molar-refractivity contribution in [2.24, 2.45) is 5.92 Å². The van der Waals surface area contributed by atoms with Gasteiger partial charge >= 0.3 is 0 Å². The number of nitrogens with one attached hydrogen (secondary N) is 1. The lowest BCUT2D eigenvalue weighted by atomic mass is 10.0. The summed E-state index contributed by atoms with van der Waals surface area (Å²) >= 11 is 0. The first-order valence-corrected chi connectivity index (χ1v) is 8.95. The third-order valence-corrected chi connectivity index (χ3v) is 4.47. The molecule has 132 valence electrons. The maximum absolute atomic E-state index is 5.42. The number of pyridine rings is 1. The Hall–Kier alpha value is -1.81. The molecule has 2 aromatic rings. The minimum Gasteiger partial charge on any atom is -0.497 e. The van der Waals surface area contributed by atoms with Crippen LogP contribution in [0.4, 0.5) is 5.69 Å². The molecule has 1 atom stereocenters. The van der Waals surface area contributed by atoms with E-state index >= 15 is 0 Å². The summed E-state index contributed by atoms with van der Waals surface area (Å²) in [6, 6.07) is 8.69. The van der Waals surface area contributed by atoms with Gasteiger partial charge in [-0.3, -0.25) is 9.88 Å². The van der Waals surface area contributed by atoms with Crippen LogP contribution in [0.3, 0.4) is 0 Å². The van der Waals surface area contributed by atoms with E-state index in [2.05, 4.69) is 49.0 Å². The number of likely N-dealkylation sites (N-methyl/N-ethyl adjacent to an activating group) is 1. The molecular weight excluding hydrogens is 298 g/mol. The van der Waals surface area contributed by atoms with E-state index < -0.39 is 0 Å². The number of rotatable bonds is 9. The third kappa shape index (κ3) is 4.84. The molecule has 1 unspecified atom stereocenters. The predicted molar refractivity (Wildman–Crippen MR) is 103 cm³/mol. The Morgan fingerprint density at radius 1 is 1.25 bits per heavy atom. The Kier molecular flexibility index (Phi) is 6.85. The van der Waals surface area contributed by atoms with Gasteiger partial charge < -0.3 is 10.1 Å². The molecule has 1 N–H and O–H groups in total. The van der Waals surface area contributed by atoms with Gasteiger partial charge in [-0.05, 0) is 37.9 Å². The van der Waals surface area contributed by atoms with Crippen molar-refractivity contribution < 1.29 is 4.74 Å². The second-order valence-electron chi connectivity index (χ2n) is 6.78. The molecule has 1 aromatic carbocycles. The fourth-order valence-corrected chi connectivity index (χ4v) is 3.27. The Morgan fingerprint density at radius 2 is 2.04 bits per heavy atom. The molecule has 0 fully saturated rings. The molecule has 0 saturated carbocycles. The summed E-state index contributed by atoms with van der Waals surface area (Å²) in [5.41, 5.74) is 2.04. The lowest BCUT2D eigenvalue weighted by Crippen LogP contribution is -2.37. The topological polar surface area (TPSA) is 37.4 Å². The summed E-state index contributed by atoms with van der Waals surface area (Å²) in [4.78, 5) is 7.05. The zero-order chi connectivity index (χ0) is 17.5. The summed E-state index contributed by atoms with van der Waals surface area (Å²) in [5, 5.41) is 4.65. The normalized spacial score (nSPS) is 12.8. The first-order valence-electron chi connectivity index (χ1n) is 8.95. The van der Waals surface area contributed by atoms with E-state index in [0.717, 1.165) is 47.9 Å². The van der Waals surface area contributed by atoms with Gasteiger partial charge in [0, 0.05) is 36.8 Å². The predicted octanol–water partition coefficient (Wildman–Crippen LogP) is 4.41. The number of hydrogen-bond acceptors (Lipinski definition) is 4. The highest BCUT2D eigenvalue weighted by Gasteiger charge is 2.13. The molecule has 0 bridgehead atoms.